The molecule has 0 radical (unpaired) electrons. The first-order valence-corrected chi connectivity index (χ1v) is 10.9. The Labute approximate surface area is 181 Å². The van der Waals surface area contributed by atoms with Crippen LogP contribution in [0.2, 0.25) is 0 Å². The van der Waals surface area contributed by atoms with Crippen molar-refractivity contribution < 1.29 is 32.7 Å². The van der Waals surface area contributed by atoms with Gasteiger partial charge in [0.1, 0.15) is 23.7 Å². The Bertz CT molecular complexity index is 1260. The summed E-state index contributed by atoms with van der Waals surface area (Å²) in [5.41, 5.74) is 6.33. The number of phenols is 1. The highest BCUT2D eigenvalue weighted by Crippen LogP contribution is 2.37. The summed E-state index contributed by atoms with van der Waals surface area (Å²) >= 11 is 0. The number of nitrogens with zero attached hydrogens (tertiary/aromatic N) is 4. The summed E-state index contributed by atoms with van der Waals surface area (Å²) in [5.74, 6) is -2.11. The number of hydrogen-bond acceptors (Lipinski definition) is 11. The molecule has 0 aliphatic heterocycles. The maximum absolute atomic E-state index is 12.2. The number of carbonyl (C=O) groups excluding carboxylic acids is 1. The molecule has 1 aliphatic carbocycles. The lowest BCUT2D eigenvalue weighted by Crippen LogP contribution is -2.35. The maximum atomic E-state index is 12.2. The molecule has 32 heavy (non-hydrogen) atoms. The van der Waals surface area contributed by atoms with Gasteiger partial charge in [0.05, 0.1) is 30.6 Å². The number of nitrogens with two attached hydrogens (primary N) is 1. The van der Waals surface area contributed by atoms with E-state index in [2.05, 4.69) is 15.0 Å². The molecule has 3 aromatic rings. The Hall–Kier alpha value is -3.33. The lowest BCUT2D eigenvalue weighted by Gasteiger charge is -2.18. The molecule has 1 amide bonds. The van der Waals surface area contributed by atoms with E-state index >= 15 is 0 Å². The number of benzene rings is 1. The summed E-state index contributed by atoms with van der Waals surface area (Å²) in [5, 5.41) is 30.6. The van der Waals surface area contributed by atoms with E-state index in [1.165, 1.54) is 41.5 Å². The zero-order valence-corrected chi connectivity index (χ0v) is 17.3. The number of amides is 1. The van der Waals surface area contributed by atoms with Crippen molar-refractivity contribution in [1.82, 2.24) is 24.2 Å². The molecule has 1 fully saturated rings. The van der Waals surface area contributed by atoms with Crippen molar-refractivity contribution in [3.63, 3.8) is 0 Å². The molecule has 2 aromatic heterocycles. The van der Waals surface area contributed by atoms with Crippen molar-refractivity contribution in [3.8, 4) is 5.75 Å². The van der Waals surface area contributed by atoms with Crippen LogP contribution in [0, 0.1) is 5.92 Å². The zero-order chi connectivity index (χ0) is 23.0. The monoisotopic (exact) mass is 464 g/mol. The molecule has 13 nitrogen and oxygen atoms in total. The molecule has 170 valence electrons. The average molecular weight is 464 g/mol. The first-order chi connectivity index (χ1) is 15.2. The number of carbonyl (C=O) groups is 1. The third kappa shape index (κ3) is 4.08. The predicted molar refractivity (Wildman–Crippen MR) is 109 cm³/mol. The molecule has 2 heterocycles. The summed E-state index contributed by atoms with van der Waals surface area (Å²) in [7, 11) is -4.55. The van der Waals surface area contributed by atoms with Crippen molar-refractivity contribution in [2.75, 3.05) is 12.3 Å². The second-order valence-electron chi connectivity index (χ2n) is 7.31. The predicted octanol–water partition coefficient (Wildman–Crippen LogP) is -0.912. The molecule has 0 bridgehead atoms. The number of nitrogen functional groups attached to an aromatic ring is 1. The van der Waals surface area contributed by atoms with Crippen LogP contribution in [0.3, 0.4) is 0 Å². The first kappa shape index (κ1) is 21.9. The second-order valence-corrected chi connectivity index (χ2v) is 8.66. The van der Waals surface area contributed by atoms with Crippen LogP contribution in [0.1, 0.15) is 22.8 Å². The SMILES string of the molecule is Nc1ncnc2ncn([C@@H]3C[C@H](COS(=O)(=O)NC(=O)c4ccccc4O)[C@@H](O)[C@H]3O)c12. The standard InChI is InChI=1S/C18H20N6O7S/c19-16-13-17(21-7-20-16)22-8-24(13)11-5-9(14(26)15(11)27)6-31-32(29,30)23-18(28)10-3-1-2-4-12(10)25/h1-4,7-9,11,14-15,25-27H,5-6H2,(H,23,28)(H2,19,20,21)/t9-,11-,14-,15+/m1/s1. The van der Waals surface area contributed by atoms with Gasteiger partial charge in [-0.3, -0.25) is 8.98 Å². The van der Waals surface area contributed by atoms with Gasteiger partial charge in [0.15, 0.2) is 11.5 Å². The van der Waals surface area contributed by atoms with E-state index < -0.39 is 52.7 Å². The van der Waals surface area contributed by atoms with E-state index in [0.29, 0.717) is 11.2 Å². The van der Waals surface area contributed by atoms with Gasteiger partial charge in [-0.2, -0.15) is 8.42 Å². The number of aliphatic hydroxyl groups excluding tert-OH is 2. The number of nitrogens with one attached hydrogen (secondary N) is 1. The van der Waals surface area contributed by atoms with E-state index in [-0.39, 0.29) is 17.8 Å². The normalized spacial score (nSPS) is 23.4. The summed E-state index contributed by atoms with van der Waals surface area (Å²) in [4.78, 5) is 24.1. The summed E-state index contributed by atoms with van der Waals surface area (Å²) in [6, 6.07) is 4.72. The van der Waals surface area contributed by atoms with Crippen LogP contribution in [-0.2, 0) is 14.5 Å². The van der Waals surface area contributed by atoms with Crippen LogP contribution in [-0.4, -0.2) is 68.0 Å². The fourth-order valence-corrected chi connectivity index (χ4v) is 4.48. The van der Waals surface area contributed by atoms with Gasteiger partial charge in [-0.1, -0.05) is 12.1 Å². The third-order valence-electron chi connectivity index (χ3n) is 5.33. The topological polar surface area (TPSA) is 203 Å². The molecule has 14 heteroatoms. The fourth-order valence-electron chi connectivity index (χ4n) is 3.73. The van der Waals surface area contributed by atoms with Crippen molar-refractivity contribution in [3.05, 3.63) is 42.5 Å². The van der Waals surface area contributed by atoms with Gasteiger partial charge < -0.3 is 25.6 Å². The Morgan fingerprint density at radius 1 is 1.22 bits per heavy atom. The van der Waals surface area contributed by atoms with Crippen molar-refractivity contribution >= 4 is 33.2 Å². The number of anilines is 1. The summed E-state index contributed by atoms with van der Waals surface area (Å²) < 4.78 is 32.4. The van der Waals surface area contributed by atoms with E-state index in [9.17, 15) is 28.5 Å². The van der Waals surface area contributed by atoms with Crippen molar-refractivity contribution in [2.45, 2.75) is 24.7 Å². The molecule has 4 rings (SSSR count). The number of phenolic OH excluding ortho intramolecular Hbond substituents is 1. The van der Waals surface area contributed by atoms with E-state index in [4.69, 9.17) is 9.92 Å². The van der Waals surface area contributed by atoms with Crippen LogP contribution in [0.4, 0.5) is 5.82 Å². The Morgan fingerprint density at radius 3 is 2.72 bits per heavy atom. The molecule has 4 atom stereocenters. The van der Waals surface area contributed by atoms with Gasteiger partial charge in [0.2, 0.25) is 0 Å². The highest BCUT2D eigenvalue weighted by Gasteiger charge is 2.43. The van der Waals surface area contributed by atoms with Crippen LogP contribution >= 0.6 is 0 Å². The lowest BCUT2D eigenvalue weighted by atomic mass is 10.1. The van der Waals surface area contributed by atoms with Crippen LogP contribution in [0.25, 0.3) is 11.2 Å². The number of aliphatic hydroxyl groups is 2. The molecule has 0 spiro atoms. The van der Waals surface area contributed by atoms with Crippen molar-refractivity contribution in [2.24, 2.45) is 5.92 Å². The smallest absolute Gasteiger partial charge is 0.362 e. The molecule has 6 N–H and O–H groups in total. The molecule has 0 saturated heterocycles. The highest BCUT2D eigenvalue weighted by molar-refractivity contribution is 7.85. The Kier molecular flexibility index (Phi) is 5.68. The zero-order valence-electron chi connectivity index (χ0n) is 16.4. The van der Waals surface area contributed by atoms with Gasteiger partial charge in [-0.15, -0.1) is 0 Å². The third-order valence-corrected chi connectivity index (χ3v) is 6.21. The van der Waals surface area contributed by atoms with Crippen molar-refractivity contribution in [1.29, 1.82) is 0 Å². The summed E-state index contributed by atoms with van der Waals surface area (Å²) in [6.07, 6.45) is 0.208. The van der Waals surface area contributed by atoms with Gasteiger partial charge >= 0.3 is 10.3 Å². The maximum Gasteiger partial charge on any atom is 0.362 e. The minimum atomic E-state index is -4.55. The number of para-hydroxylation sites is 1. The number of imidazole rings is 1. The quantitative estimate of drug-likeness (QED) is 0.302. The Morgan fingerprint density at radius 2 is 1.97 bits per heavy atom. The number of fused-ring (bicyclic) bond motifs is 1. The number of rotatable bonds is 6. The van der Waals surface area contributed by atoms with E-state index in [1.807, 2.05) is 0 Å². The van der Waals surface area contributed by atoms with Gasteiger partial charge in [0, 0.05) is 5.92 Å². The van der Waals surface area contributed by atoms with Gasteiger partial charge in [0.25, 0.3) is 5.91 Å². The van der Waals surface area contributed by atoms with Crippen LogP contribution in [0.15, 0.2) is 36.9 Å². The summed E-state index contributed by atoms with van der Waals surface area (Å²) in [6.45, 7) is -0.503. The fraction of sp³-hybridized carbons (Fsp3) is 0.333. The number of aromatic hydroxyl groups is 1. The molecule has 1 aromatic carbocycles. The average Bonchev–Trinajstić information content (AvgIpc) is 3.29. The second kappa shape index (κ2) is 8.31. The largest absolute Gasteiger partial charge is 0.507 e. The van der Waals surface area contributed by atoms with E-state index in [0.717, 1.165) is 0 Å². The minimum Gasteiger partial charge on any atom is -0.507 e. The molecule has 1 saturated carbocycles. The molecular formula is C18H20N6O7S. The number of hydrogen-bond donors (Lipinski definition) is 5. The first-order valence-electron chi connectivity index (χ1n) is 9.46. The van der Waals surface area contributed by atoms with Gasteiger partial charge in [-0.05, 0) is 18.6 Å². The Balaban J connectivity index is 1.45. The molecule has 1 aliphatic rings. The van der Waals surface area contributed by atoms with E-state index in [1.54, 1.807) is 4.72 Å². The number of aromatic nitrogens is 4. The molecular weight excluding hydrogens is 444 g/mol. The van der Waals surface area contributed by atoms with Crippen LogP contribution in [0.5, 0.6) is 5.75 Å². The highest BCUT2D eigenvalue weighted by atomic mass is 32.2. The van der Waals surface area contributed by atoms with Gasteiger partial charge in [-0.25, -0.2) is 19.7 Å². The molecule has 0 unspecified atom stereocenters. The minimum absolute atomic E-state index is 0.130. The lowest BCUT2D eigenvalue weighted by molar-refractivity contribution is -0.00103. The van der Waals surface area contributed by atoms with Crippen LogP contribution < -0.4 is 10.5 Å².